The molecule has 0 bridgehead atoms. The smallest absolute Gasteiger partial charge is 0.282 e. The van der Waals surface area contributed by atoms with Crippen LogP contribution in [0, 0.1) is 0 Å². The van der Waals surface area contributed by atoms with Gasteiger partial charge in [-0.2, -0.15) is 8.42 Å². The summed E-state index contributed by atoms with van der Waals surface area (Å²) < 4.78 is 29.2. The van der Waals surface area contributed by atoms with Crippen LogP contribution in [0.15, 0.2) is 23.1 Å². The molecule has 0 saturated carbocycles. The monoisotopic (exact) mass is 162 g/mol. The summed E-state index contributed by atoms with van der Waals surface area (Å²) in [6.45, 7) is 3.22. The van der Waals surface area contributed by atoms with E-state index in [0.29, 0.717) is 0 Å². The van der Waals surface area contributed by atoms with Gasteiger partial charge in [0.25, 0.3) is 10.1 Å². The Kier molecular flexibility index (Phi) is 3.32. The van der Waals surface area contributed by atoms with E-state index >= 15 is 0 Å². The zero-order valence-corrected chi connectivity index (χ0v) is 6.72. The van der Waals surface area contributed by atoms with Gasteiger partial charge in [-0.15, -0.1) is 0 Å². The van der Waals surface area contributed by atoms with Gasteiger partial charge in [0, 0.05) is 0 Å². The molecule has 0 unspecified atom stereocenters. The molecule has 0 fully saturated rings. The molecule has 0 aromatic rings. The van der Waals surface area contributed by atoms with Crippen molar-refractivity contribution in [3.05, 3.63) is 23.1 Å². The fourth-order valence-corrected chi connectivity index (χ4v) is 1.10. The maximum atomic E-state index is 10.4. The molecule has 58 valence electrons. The van der Waals surface area contributed by atoms with Gasteiger partial charge in [-0.1, -0.05) is 12.2 Å². The molecule has 0 aliphatic carbocycles. The molecular formula is C6H10O3S. The van der Waals surface area contributed by atoms with Crippen molar-refractivity contribution in [1.29, 1.82) is 0 Å². The lowest BCUT2D eigenvalue weighted by Gasteiger charge is -1.92. The predicted octanol–water partition coefficient (Wildman–Crippen LogP) is 1.35. The van der Waals surface area contributed by atoms with E-state index in [9.17, 15) is 8.42 Å². The van der Waals surface area contributed by atoms with Crippen LogP contribution in [0.4, 0.5) is 0 Å². The first kappa shape index (κ1) is 9.39. The van der Waals surface area contributed by atoms with Crippen molar-refractivity contribution < 1.29 is 13.0 Å². The molecule has 0 saturated heterocycles. The van der Waals surface area contributed by atoms with Gasteiger partial charge in [0.2, 0.25) is 0 Å². The third-order valence-corrected chi connectivity index (χ3v) is 1.88. The van der Waals surface area contributed by atoms with Gasteiger partial charge in [0.15, 0.2) is 0 Å². The summed E-state index contributed by atoms with van der Waals surface area (Å²) in [5, 5.41) is 0. The summed E-state index contributed by atoms with van der Waals surface area (Å²) in [4.78, 5) is -0.0741. The highest BCUT2D eigenvalue weighted by Gasteiger charge is 2.06. The normalized spacial score (nSPS) is 14.5. The first-order chi connectivity index (χ1) is 4.52. The van der Waals surface area contributed by atoms with Gasteiger partial charge in [0.1, 0.15) is 0 Å². The second-order valence-electron chi connectivity index (χ2n) is 1.67. The van der Waals surface area contributed by atoms with Crippen molar-refractivity contribution in [3.8, 4) is 0 Å². The zero-order chi connectivity index (χ0) is 8.20. The Labute approximate surface area is 60.8 Å². The van der Waals surface area contributed by atoms with E-state index in [1.54, 1.807) is 19.9 Å². The van der Waals surface area contributed by atoms with Crippen molar-refractivity contribution in [2.24, 2.45) is 0 Å². The van der Waals surface area contributed by atoms with Crippen LogP contribution in [0.5, 0.6) is 0 Å². The van der Waals surface area contributed by atoms with Crippen LogP contribution < -0.4 is 0 Å². The molecule has 0 aliphatic heterocycles. The van der Waals surface area contributed by atoms with Crippen molar-refractivity contribution in [2.45, 2.75) is 13.8 Å². The van der Waals surface area contributed by atoms with Gasteiger partial charge in [-0.05, 0) is 19.9 Å². The Morgan fingerprint density at radius 2 is 1.90 bits per heavy atom. The van der Waals surface area contributed by atoms with E-state index in [4.69, 9.17) is 4.55 Å². The Hall–Kier alpha value is -0.610. The highest BCUT2D eigenvalue weighted by molar-refractivity contribution is 7.90. The molecule has 1 N–H and O–H groups in total. The van der Waals surface area contributed by atoms with Crippen LogP contribution in [0.2, 0.25) is 0 Å². The average Bonchev–Trinajstić information content (AvgIpc) is 1.80. The minimum Gasteiger partial charge on any atom is -0.282 e. The summed E-state index contributed by atoms with van der Waals surface area (Å²) >= 11 is 0. The maximum Gasteiger partial charge on any atom is 0.294 e. The van der Waals surface area contributed by atoms with E-state index < -0.39 is 10.1 Å². The molecular weight excluding hydrogens is 152 g/mol. The van der Waals surface area contributed by atoms with E-state index in [0.717, 1.165) is 0 Å². The molecule has 0 amide bonds. The summed E-state index contributed by atoms with van der Waals surface area (Å²) in [6, 6.07) is 0. The highest BCUT2D eigenvalue weighted by atomic mass is 32.2. The quantitative estimate of drug-likeness (QED) is 0.492. The van der Waals surface area contributed by atoms with Crippen molar-refractivity contribution in [3.63, 3.8) is 0 Å². The molecule has 0 atom stereocenters. The second kappa shape index (κ2) is 3.53. The number of allylic oxidation sites excluding steroid dienone is 3. The summed E-state index contributed by atoms with van der Waals surface area (Å²) in [5.41, 5.74) is 0. The van der Waals surface area contributed by atoms with Crippen molar-refractivity contribution >= 4 is 10.1 Å². The third kappa shape index (κ3) is 2.80. The van der Waals surface area contributed by atoms with Crippen LogP contribution in [0.25, 0.3) is 0 Å². The molecule has 0 heterocycles. The molecule has 0 aromatic heterocycles. The lowest BCUT2D eigenvalue weighted by Crippen LogP contribution is -1.98. The number of hydrogen-bond acceptors (Lipinski definition) is 2. The summed E-state index contributed by atoms with van der Waals surface area (Å²) in [5.74, 6) is 0. The molecule has 0 aliphatic rings. The lowest BCUT2D eigenvalue weighted by atomic mass is 10.4. The molecule has 10 heavy (non-hydrogen) atoms. The van der Waals surface area contributed by atoms with Gasteiger partial charge in [-0.25, -0.2) is 0 Å². The fraction of sp³-hybridized carbons (Fsp3) is 0.333. The second-order valence-corrected chi connectivity index (χ2v) is 3.09. The molecule has 3 nitrogen and oxygen atoms in total. The third-order valence-electron chi connectivity index (χ3n) is 0.913. The van der Waals surface area contributed by atoms with Crippen LogP contribution >= 0.6 is 0 Å². The fourth-order valence-electron chi connectivity index (χ4n) is 0.495. The van der Waals surface area contributed by atoms with Gasteiger partial charge in [-0.3, -0.25) is 4.55 Å². The van der Waals surface area contributed by atoms with Gasteiger partial charge >= 0.3 is 0 Å². The first-order valence-corrected chi connectivity index (χ1v) is 4.23. The average molecular weight is 162 g/mol. The topological polar surface area (TPSA) is 54.4 Å². The zero-order valence-electron chi connectivity index (χ0n) is 5.90. The summed E-state index contributed by atoms with van der Waals surface area (Å²) in [7, 11) is -4.00. The Bertz CT molecular complexity index is 246. The Morgan fingerprint density at radius 3 is 2.00 bits per heavy atom. The van der Waals surface area contributed by atoms with E-state index in [2.05, 4.69) is 0 Å². The first-order valence-electron chi connectivity index (χ1n) is 2.79. The van der Waals surface area contributed by atoms with Gasteiger partial charge < -0.3 is 0 Å². The van der Waals surface area contributed by atoms with Crippen molar-refractivity contribution in [1.82, 2.24) is 0 Å². The molecule has 0 aromatic carbocycles. The molecule has 0 spiro atoms. The molecule has 0 rings (SSSR count). The summed E-state index contributed by atoms with van der Waals surface area (Å²) in [6.07, 6.45) is 4.20. The van der Waals surface area contributed by atoms with Crippen LogP contribution in [0.3, 0.4) is 0 Å². The van der Waals surface area contributed by atoms with Gasteiger partial charge in [0.05, 0.1) is 4.91 Å². The SMILES string of the molecule is CC=C/C(=C\C)S(=O)(=O)O. The van der Waals surface area contributed by atoms with Crippen LogP contribution in [0.1, 0.15) is 13.8 Å². The van der Waals surface area contributed by atoms with E-state index in [-0.39, 0.29) is 4.91 Å². The van der Waals surface area contributed by atoms with Crippen molar-refractivity contribution in [2.75, 3.05) is 0 Å². The molecule has 4 heteroatoms. The Balaban J connectivity index is 4.75. The maximum absolute atomic E-state index is 10.4. The highest BCUT2D eigenvalue weighted by Crippen LogP contribution is 2.04. The lowest BCUT2D eigenvalue weighted by molar-refractivity contribution is 0.492. The van der Waals surface area contributed by atoms with Crippen LogP contribution in [-0.4, -0.2) is 13.0 Å². The number of hydrogen-bond donors (Lipinski definition) is 1. The van der Waals surface area contributed by atoms with E-state index in [1.807, 2.05) is 0 Å². The van der Waals surface area contributed by atoms with E-state index in [1.165, 1.54) is 12.2 Å². The largest absolute Gasteiger partial charge is 0.294 e. The Morgan fingerprint density at radius 1 is 1.40 bits per heavy atom. The minimum atomic E-state index is -4.00. The minimum absolute atomic E-state index is 0.0741. The standard InChI is InChI=1S/C6H10O3S/c1-3-5-6(4-2)10(7,8)9/h3-5H,1-2H3,(H,7,8,9)/b5-3?,6-4+. The van der Waals surface area contributed by atoms with Crippen LogP contribution in [-0.2, 0) is 10.1 Å². The predicted molar refractivity (Wildman–Crippen MR) is 40.1 cm³/mol. The number of rotatable bonds is 2. The molecule has 0 radical (unpaired) electrons.